The molecule has 7 nitrogen and oxygen atoms in total. The van der Waals surface area contributed by atoms with Crippen molar-refractivity contribution < 1.29 is 22.7 Å². The summed E-state index contributed by atoms with van der Waals surface area (Å²) in [5.74, 6) is -2.20. The van der Waals surface area contributed by atoms with E-state index in [2.05, 4.69) is 0 Å². The fourth-order valence-electron chi connectivity index (χ4n) is 1.71. The lowest BCUT2D eigenvalue weighted by atomic mass is 10.2. The highest BCUT2D eigenvalue weighted by Gasteiger charge is 2.30. The molecule has 0 radical (unpaired) electrons. The Hall–Kier alpha value is -1.85. The summed E-state index contributed by atoms with van der Waals surface area (Å²) in [6, 6.07) is 2.96. The average Bonchev–Trinajstić information content (AvgIpc) is 2.78. The molecule has 1 atom stereocenters. The molecule has 8 heteroatoms. The number of hydrogen-bond donors (Lipinski definition) is 1. The van der Waals surface area contributed by atoms with Gasteiger partial charge in [0.15, 0.2) is 0 Å². The highest BCUT2D eigenvalue weighted by atomic mass is 32.2. The van der Waals surface area contributed by atoms with Gasteiger partial charge in [0.2, 0.25) is 15.8 Å². The molecule has 0 aliphatic heterocycles. The largest absolute Gasteiger partial charge is 0.475 e. The summed E-state index contributed by atoms with van der Waals surface area (Å²) in [4.78, 5) is 10.6. The van der Waals surface area contributed by atoms with Gasteiger partial charge in [0.05, 0.1) is 12.0 Å². The zero-order valence-electron chi connectivity index (χ0n) is 11.5. The molecule has 0 saturated carbocycles. The Morgan fingerprint density at radius 3 is 2.60 bits per heavy atom. The average molecular weight is 300 g/mol. The van der Waals surface area contributed by atoms with Crippen molar-refractivity contribution in [2.75, 3.05) is 13.1 Å². The number of furan rings is 1. The molecule has 0 spiro atoms. The molecule has 1 N–H and O–H groups in total. The Morgan fingerprint density at radius 1 is 1.60 bits per heavy atom. The summed E-state index contributed by atoms with van der Waals surface area (Å²) in [7, 11) is -3.87. The molecule has 0 saturated heterocycles. The van der Waals surface area contributed by atoms with Crippen LogP contribution in [-0.4, -0.2) is 36.9 Å². The van der Waals surface area contributed by atoms with Crippen LogP contribution in [0.25, 0.3) is 0 Å². The molecular weight excluding hydrogens is 284 g/mol. The highest BCUT2D eigenvalue weighted by Crippen LogP contribution is 2.24. The van der Waals surface area contributed by atoms with Crippen LogP contribution in [0, 0.1) is 24.2 Å². The third-order valence-corrected chi connectivity index (χ3v) is 4.80. The minimum Gasteiger partial charge on any atom is -0.475 e. The normalized spacial score (nSPS) is 13.2. The summed E-state index contributed by atoms with van der Waals surface area (Å²) >= 11 is 0. The second-order valence-corrected chi connectivity index (χ2v) is 6.23. The minimum atomic E-state index is -3.87. The van der Waals surface area contributed by atoms with Crippen LogP contribution in [0.15, 0.2) is 15.4 Å². The molecule has 0 aliphatic rings. The van der Waals surface area contributed by atoms with Gasteiger partial charge in [0.1, 0.15) is 10.7 Å². The molecule has 0 aromatic carbocycles. The van der Waals surface area contributed by atoms with Crippen molar-refractivity contribution in [3.8, 4) is 6.07 Å². The van der Waals surface area contributed by atoms with E-state index in [1.165, 1.54) is 6.92 Å². The van der Waals surface area contributed by atoms with Crippen LogP contribution in [0.3, 0.4) is 0 Å². The maximum Gasteiger partial charge on any atom is 0.371 e. The van der Waals surface area contributed by atoms with Crippen LogP contribution in [0.4, 0.5) is 0 Å². The van der Waals surface area contributed by atoms with Gasteiger partial charge in [-0.25, -0.2) is 13.2 Å². The summed E-state index contributed by atoms with van der Waals surface area (Å²) in [5, 5.41) is 17.6. The summed E-state index contributed by atoms with van der Waals surface area (Å²) in [5.41, 5.74) is 0. The Bertz CT molecular complexity index is 641. The molecule has 1 heterocycles. The van der Waals surface area contributed by atoms with Crippen LogP contribution >= 0.6 is 0 Å². The van der Waals surface area contributed by atoms with Crippen molar-refractivity contribution in [3.63, 3.8) is 0 Å². The van der Waals surface area contributed by atoms with Gasteiger partial charge in [-0.05, 0) is 13.8 Å². The third-order valence-electron chi connectivity index (χ3n) is 2.75. The molecular formula is C12H16N2O5S. The van der Waals surface area contributed by atoms with Gasteiger partial charge in [-0.3, -0.25) is 0 Å². The smallest absolute Gasteiger partial charge is 0.371 e. The Balaban J connectivity index is 3.21. The standard InChI is InChI=1S/C12H16N2O5S/c1-4-14(7-8(2)6-13)20(17,18)11-5-10(12(15)16)19-9(11)3/h5,8H,4,7H2,1-3H3,(H,15,16). The maximum atomic E-state index is 12.4. The molecule has 1 aromatic heterocycles. The Labute approximate surface area is 117 Å². The van der Waals surface area contributed by atoms with E-state index in [9.17, 15) is 13.2 Å². The van der Waals surface area contributed by atoms with Crippen molar-refractivity contribution in [1.29, 1.82) is 5.26 Å². The number of carbonyl (C=O) groups is 1. The molecule has 110 valence electrons. The van der Waals surface area contributed by atoms with Crippen LogP contribution in [0.5, 0.6) is 0 Å². The highest BCUT2D eigenvalue weighted by molar-refractivity contribution is 7.89. The van der Waals surface area contributed by atoms with Gasteiger partial charge in [-0.15, -0.1) is 0 Å². The summed E-state index contributed by atoms with van der Waals surface area (Å²) < 4.78 is 30.9. The summed E-state index contributed by atoms with van der Waals surface area (Å²) in [6.07, 6.45) is 0. The predicted octanol–water partition coefficient (Wildman–Crippen LogP) is 1.46. The molecule has 0 bridgehead atoms. The molecule has 1 rings (SSSR count). The number of carboxylic acids is 1. The summed E-state index contributed by atoms with van der Waals surface area (Å²) in [6.45, 7) is 4.88. The fourth-order valence-corrected chi connectivity index (χ4v) is 3.41. The fraction of sp³-hybridized carbons (Fsp3) is 0.500. The van der Waals surface area contributed by atoms with E-state index in [-0.39, 0.29) is 23.7 Å². The van der Waals surface area contributed by atoms with E-state index in [1.54, 1.807) is 13.8 Å². The van der Waals surface area contributed by atoms with Crippen molar-refractivity contribution >= 4 is 16.0 Å². The molecule has 0 fully saturated rings. The Morgan fingerprint density at radius 2 is 2.20 bits per heavy atom. The number of aryl methyl sites for hydroxylation is 1. The van der Waals surface area contributed by atoms with E-state index in [0.29, 0.717) is 0 Å². The van der Waals surface area contributed by atoms with Crippen LogP contribution in [0.1, 0.15) is 30.2 Å². The molecule has 1 unspecified atom stereocenters. The second-order valence-electron chi connectivity index (χ2n) is 4.32. The number of nitriles is 1. The van der Waals surface area contributed by atoms with Crippen molar-refractivity contribution in [2.45, 2.75) is 25.7 Å². The van der Waals surface area contributed by atoms with Gasteiger partial charge in [-0.1, -0.05) is 6.92 Å². The monoisotopic (exact) mass is 300 g/mol. The molecule has 0 aliphatic carbocycles. The number of sulfonamides is 1. The molecule has 1 aromatic rings. The van der Waals surface area contributed by atoms with Gasteiger partial charge in [0, 0.05) is 19.2 Å². The zero-order valence-corrected chi connectivity index (χ0v) is 12.3. The molecule has 20 heavy (non-hydrogen) atoms. The molecule has 0 amide bonds. The number of nitrogens with zero attached hydrogens (tertiary/aromatic N) is 2. The first-order chi connectivity index (χ1) is 9.23. The maximum absolute atomic E-state index is 12.4. The van der Waals surface area contributed by atoms with Crippen molar-refractivity contribution in [2.24, 2.45) is 5.92 Å². The Kier molecular flexibility index (Phi) is 4.92. The van der Waals surface area contributed by atoms with E-state index < -0.39 is 27.7 Å². The number of carboxylic acid groups (broad SMARTS) is 1. The van der Waals surface area contributed by atoms with Crippen LogP contribution in [-0.2, 0) is 10.0 Å². The quantitative estimate of drug-likeness (QED) is 0.851. The van der Waals surface area contributed by atoms with Gasteiger partial charge in [0.25, 0.3) is 0 Å². The predicted molar refractivity (Wildman–Crippen MR) is 69.6 cm³/mol. The van der Waals surface area contributed by atoms with E-state index in [1.807, 2.05) is 6.07 Å². The van der Waals surface area contributed by atoms with Crippen molar-refractivity contribution in [1.82, 2.24) is 4.31 Å². The first-order valence-corrected chi connectivity index (χ1v) is 7.41. The number of rotatable bonds is 6. The van der Waals surface area contributed by atoms with E-state index in [0.717, 1.165) is 10.4 Å². The lowest BCUT2D eigenvalue weighted by Crippen LogP contribution is -2.34. The second kappa shape index (κ2) is 6.07. The SMILES string of the molecule is CCN(CC(C)C#N)S(=O)(=O)c1cc(C(=O)O)oc1C. The lowest BCUT2D eigenvalue weighted by Gasteiger charge is -2.20. The van der Waals surface area contributed by atoms with Crippen molar-refractivity contribution in [3.05, 3.63) is 17.6 Å². The topological polar surface area (TPSA) is 112 Å². The first kappa shape index (κ1) is 16.2. The van der Waals surface area contributed by atoms with Gasteiger partial charge >= 0.3 is 5.97 Å². The zero-order chi connectivity index (χ0) is 15.5. The van der Waals surface area contributed by atoms with Crippen LogP contribution in [0.2, 0.25) is 0 Å². The van der Waals surface area contributed by atoms with Gasteiger partial charge < -0.3 is 9.52 Å². The van der Waals surface area contributed by atoms with E-state index >= 15 is 0 Å². The third kappa shape index (κ3) is 3.18. The van der Waals surface area contributed by atoms with E-state index in [4.69, 9.17) is 14.8 Å². The lowest BCUT2D eigenvalue weighted by molar-refractivity contribution is 0.0661. The minimum absolute atomic E-state index is 0.0189. The van der Waals surface area contributed by atoms with Crippen LogP contribution < -0.4 is 0 Å². The van der Waals surface area contributed by atoms with Gasteiger partial charge in [-0.2, -0.15) is 9.57 Å². The first-order valence-electron chi connectivity index (χ1n) is 5.97. The number of aromatic carboxylic acids is 1. The number of hydrogen-bond acceptors (Lipinski definition) is 5.